The van der Waals surface area contributed by atoms with Crippen molar-refractivity contribution in [3.05, 3.63) is 23.2 Å². The quantitative estimate of drug-likeness (QED) is 0.690. The number of thioether (sulfide) groups is 1. The lowest BCUT2D eigenvalue weighted by Crippen LogP contribution is -2.12. The maximum atomic E-state index is 10.9. The zero-order valence-corrected chi connectivity index (χ0v) is 7.04. The van der Waals surface area contributed by atoms with Crippen LogP contribution in [0, 0.1) is 0 Å². The van der Waals surface area contributed by atoms with Gasteiger partial charge in [-0.15, -0.1) is 0 Å². The first-order chi connectivity index (χ1) is 5.79. The third kappa shape index (κ3) is 1.02. The van der Waals surface area contributed by atoms with E-state index in [1.54, 1.807) is 4.68 Å². The Morgan fingerprint density at radius 2 is 2.58 bits per heavy atom. The molecule has 1 aromatic heterocycles. The summed E-state index contributed by atoms with van der Waals surface area (Å²) in [6.07, 6.45) is 3.49. The van der Waals surface area contributed by atoms with Crippen LogP contribution in [0.3, 0.4) is 0 Å². The van der Waals surface area contributed by atoms with Crippen molar-refractivity contribution in [2.24, 2.45) is 5.73 Å². The van der Waals surface area contributed by atoms with E-state index in [-0.39, 0.29) is 0 Å². The van der Waals surface area contributed by atoms with Gasteiger partial charge in [0, 0.05) is 0 Å². The Morgan fingerprint density at radius 3 is 3.33 bits per heavy atom. The fourth-order valence-electron chi connectivity index (χ4n) is 1.05. The summed E-state index contributed by atoms with van der Waals surface area (Å²) in [6, 6.07) is 0. The lowest BCUT2D eigenvalue weighted by atomic mass is 10.3. The first kappa shape index (κ1) is 7.42. The minimum absolute atomic E-state index is 0.418. The number of rotatable bonds is 1. The summed E-state index contributed by atoms with van der Waals surface area (Å²) in [4.78, 5) is 10.9. The van der Waals surface area contributed by atoms with Crippen LogP contribution in [0.15, 0.2) is 22.7 Å². The number of amides is 1. The van der Waals surface area contributed by atoms with Crippen LogP contribution >= 0.6 is 11.8 Å². The zero-order chi connectivity index (χ0) is 8.55. The first-order valence-electron chi connectivity index (χ1n) is 3.46. The van der Waals surface area contributed by atoms with Gasteiger partial charge in [0.15, 0.2) is 0 Å². The Labute approximate surface area is 73.4 Å². The molecule has 2 N–H and O–H groups in total. The number of hydrogen-bond donors (Lipinski definition) is 1. The molecule has 0 unspecified atom stereocenters. The highest BCUT2D eigenvalue weighted by Gasteiger charge is 2.15. The topological polar surface area (TPSA) is 60.9 Å². The summed E-state index contributed by atoms with van der Waals surface area (Å²) in [5, 5.41) is 6.79. The number of hydrogen-bond acceptors (Lipinski definition) is 3. The Kier molecular flexibility index (Phi) is 1.65. The summed E-state index contributed by atoms with van der Waals surface area (Å²) in [5.74, 6) is -0.418. The molecule has 1 aliphatic rings. The average Bonchev–Trinajstić information content (AvgIpc) is 2.47. The lowest BCUT2D eigenvalue weighted by molar-refractivity contribution is 0.0997. The molecule has 0 spiro atoms. The first-order valence-corrected chi connectivity index (χ1v) is 4.34. The summed E-state index contributed by atoms with van der Waals surface area (Å²) in [7, 11) is 0. The van der Waals surface area contributed by atoms with E-state index in [2.05, 4.69) is 5.10 Å². The van der Waals surface area contributed by atoms with Gasteiger partial charge in [-0.1, -0.05) is 17.8 Å². The van der Waals surface area contributed by atoms with Crippen molar-refractivity contribution in [3.8, 4) is 0 Å². The molecule has 1 aliphatic heterocycles. The van der Waals surface area contributed by atoms with Crippen molar-refractivity contribution in [3.63, 3.8) is 0 Å². The minimum Gasteiger partial charge on any atom is -0.365 e. The molecule has 0 radical (unpaired) electrons. The highest BCUT2D eigenvalue weighted by atomic mass is 32.2. The number of nitrogens with two attached hydrogens (primary N) is 1. The molecule has 5 heteroatoms. The Morgan fingerprint density at radius 1 is 1.75 bits per heavy atom. The van der Waals surface area contributed by atoms with Crippen molar-refractivity contribution in [1.82, 2.24) is 9.78 Å². The normalized spacial score (nSPS) is 14.3. The number of carbonyl (C=O) groups excluding carboxylic acids is 1. The van der Waals surface area contributed by atoms with Crippen LogP contribution in [0.4, 0.5) is 0 Å². The second-order valence-corrected chi connectivity index (χ2v) is 3.29. The van der Waals surface area contributed by atoms with Crippen LogP contribution in [0.2, 0.25) is 0 Å². The third-order valence-corrected chi connectivity index (χ3v) is 2.59. The second-order valence-electron chi connectivity index (χ2n) is 2.40. The number of nitrogens with zero attached hydrogens (tertiary/aromatic N) is 2. The van der Waals surface area contributed by atoms with Gasteiger partial charge in [-0.25, -0.2) is 0 Å². The predicted octanol–water partition coefficient (Wildman–Crippen LogP) is 0.601. The van der Waals surface area contributed by atoms with Crippen LogP contribution in [-0.2, 0) is 6.54 Å². The molecule has 0 saturated heterocycles. The van der Waals surface area contributed by atoms with E-state index >= 15 is 0 Å². The van der Waals surface area contributed by atoms with Gasteiger partial charge in [-0.2, -0.15) is 5.10 Å². The Hall–Kier alpha value is -1.23. The third-order valence-electron chi connectivity index (χ3n) is 1.61. The molecule has 1 amide bonds. The molecule has 0 fully saturated rings. The van der Waals surface area contributed by atoms with Crippen LogP contribution < -0.4 is 5.73 Å². The maximum absolute atomic E-state index is 10.9. The SMILES string of the molecule is NC(=O)c1cnn2c1SC=CC2. The van der Waals surface area contributed by atoms with E-state index < -0.39 is 5.91 Å². The van der Waals surface area contributed by atoms with Crippen LogP contribution in [-0.4, -0.2) is 15.7 Å². The van der Waals surface area contributed by atoms with Gasteiger partial charge in [0.25, 0.3) is 5.91 Å². The largest absolute Gasteiger partial charge is 0.365 e. The smallest absolute Gasteiger partial charge is 0.253 e. The van der Waals surface area contributed by atoms with E-state index in [4.69, 9.17) is 5.73 Å². The zero-order valence-electron chi connectivity index (χ0n) is 6.23. The highest BCUT2D eigenvalue weighted by molar-refractivity contribution is 8.02. The standard InChI is InChI=1S/C7H7N3OS/c8-6(11)5-4-9-10-2-1-3-12-7(5)10/h1,3-4H,2H2,(H2,8,11). The molecule has 0 bridgehead atoms. The lowest BCUT2D eigenvalue weighted by Gasteiger charge is -2.07. The summed E-state index contributed by atoms with van der Waals surface area (Å²) >= 11 is 1.47. The summed E-state index contributed by atoms with van der Waals surface area (Å²) in [6.45, 7) is 0.718. The van der Waals surface area contributed by atoms with Crippen LogP contribution in [0.25, 0.3) is 0 Å². The fraction of sp³-hybridized carbons (Fsp3) is 0.143. The Bertz CT molecular complexity index is 356. The molecule has 12 heavy (non-hydrogen) atoms. The number of fused-ring (bicyclic) bond motifs is 1. The molecule has 2 heterocycles. The van der Waals surface area contributed by atoms with Crippen LogP contribution in [0.1, 0.15) is 10.4 Å². The van der Waals surface area contributed by atoms with Crippen molar-refractivity contribution < 1.29 is 4.79 Å². The number of primary amides is 1. The van der Waals surface area contributed by atoms with E-state index in [0.717, 1.165) is 11.6 Å². The van der Waals surface area contributed by atoms with E-state index in [9.17, 15) is 4.79 Å². The van der Waals surface area contributed by atoms with Gasteiger partial charge in [0.1, 0.15) is 5.03 Å². The molecule has 1 aromatic rings. The maximum Gasteiger partial charge on any atom is 0.253 e. The molecule has 0 aliphatic carbocycles. The van der Waals surface area contributed by atoms with Crippen molar-refractivity contribution in [1.29, 1.82) is 0 Å². The monoisotopic (exact) mass is 181 g/mol. The average molecular weight is 181 g/mol. The summed E-state index contributed by atoms with van der Waals surface area (Å²) in [5.41, 5.74) is 5.66. The molecule has 0 aromatic carbocycles. The Balaban J connectivity index is 2.48. The van der Waals surface area contributed by atoms with Gasteiger partial charge in [-0.3, -0.25) is 9.48 Å². The molecular weight excluding hydrogens is 174 g/mol. The van der Waals surface area contributed by atoms with Gasteiger partial charge >= 0.3 is 0 Å². The van der Waals surface area contributed by atoms with E-state index in [0.29, 0.717) is 5.56 Å². The van der Waals surface area contributed by atoms with Crippen molar-refractivity contribution >= 4 is 17.7 Å². The molecule has 0 atom stereocenters. The van der Waals surface area contributed by atoms with Crippen LogP contribution in [0.5, 0.6) is 0 Å². The van der Waals surface area contributed by atoms with Gasteiger partial charge in [0.05, 0.1) is 18.3 Å². The van der Waals surface area contributed by atoms with Crippen molar-refractivity contribution in [2.45, 2.75) is 11.6 Å². The molecule has 2 rings (SSSR count). The predicted molar refractivity (Wildman–Crippen MR) is 45.7 cm³/mol. The second kappa shape index (κ2) is 2.67. The molecule has 4 nitrogen and oxygen atoms in total. The van der Waals surface area contributed by atoms with E-state index in [1.165, 1.54) is 18.0 Å². The molecular formula is C7H7N3OS. The fourth-order valence-corrected chi connectivity index (χ4v) is 1.89. The van der Waals surface area contributed by atoms with Gasteiger partial charge in [-0.05, 0) is 5.41 Å². The van der Waals surface area contributed by atoms with Gasteiger partial charge < -0.3 is 5.73 Å². The molecule has 62 valence electrons. The summed E-state index contributed by atoms with van der Waals surface area (Å²) < 4.78 is 1.75. The van der Waals surface area contributed by atoms with Gasteiger partial charge in [0.2, 0.25) is 0 Å². The number of carbonyl (C=O) groups is 1. The highest BCUT2D eigenvalue weighted by Crippen LogP contribution is 2.26. The minimum atomic E-state index is -0.418. The van der Waals surface area contributed by atoms with E-state index in [1.807, 2.05) is 11.5 Å². The number of aromatic nitrogens is 2. The number of allylic oxidation sites excluding steroid dienone is 1. The van der Waals surface area contributed by atoms with Crippen molar-refractivity contribution in [2.75, 3.05) is 0 Å². The molecule has 0 saturated carbocycles.